The molecule has 0 saturated carbocycles. The van der Waals surface area contributed by atoms with Crippen LogP contribution in [0.2, 0.25) is 0 Å². The Balaban J connectivity index is 1.52. The van der Waals surface area contributed by atoms with Crippen LogP contribution in [-0.4, -0.2) is 34.7 Å². The van der Waals surface area contributed by atoms with Gasteiger partial charge < -0.3 is 10.4 Å². The molecule has 2 atom stereocenters. The van der Waals surface area contributed by atoms with Crippen LogP contribution in [-0.2, 0) is 17.6 Å². The van der Waals surface area contributed by atoms with Crippen molar-refractivity contribution in [2.75, 3.05) is 13.1 Å². The minimum absolute atomic E-state index is 0.0137. The lowest BCUT2D eigenvalue weighted by Crippen LogP contribution is -2.33. The fraction of sp³-hybridized carbons (Fsp3) is 0.417. The second kappa shape index (κ2) is 10.2. The van der Waals surface area contributed by atoms with E-state index in [0.29, 0.717) is 12.1 Å². The first-order valence-corrected chi connectivity index (χ1v) is 11.3. The molecule has 0 bridgehead atoms. The average Bonchev–Trinajstić information content (AvgIpc) is 2.73. The van der Waals surface area contributed by atoms with Crippen LogP contribution in [0.25, 0.3) is 0 Å². The third-order valence-corrected chi connectivity index (χ3v) is 6.71. The molecule has 0 amide bonds. The van der Waals surface area contributed by atoms with E-state index in [1.165, 1.54) is 0 Å². The van der Waals surface area contributed by atoms with Crippen molar-refractivity contribution >= 4 is 23.7 Å². The van der Waals surface area contributed by atoms with Gasteiger partial charge in [-0.25, -0.2) is 0 Å². The third kappa shape index (κ3) is 5.60. The molecular weight excluding hydrogens is 412 g/mol. The number of carboxylic acid groups (broad SMARTS) is 1. The van der Waals surface area contributed by atoms with Gasteiger partial charge in [0.05, 0.1) is 10.7 Å². The van der Waals surface area contributed by atoms with Crippen molar-refractivity contribution in [3.8, 4) is 0 Å². The maximum atomic E-state index is 12.6. The van der Waals surface area contributed by atoms with E-state index in [2.05, 4.69) is 9.90 Å². The Morgan fingerprint density at radius 2 is 1.94 bits per heavy atom. The summed E-state index contributed by atoms with van der Waals surface area (Å²) in [5, 5.41) is 13.0. The van der Waals surface area contributed by atoms with E-state index in [1.807, 2.05) is 48.5 Å². The highest BCUT2D eigenvalue weighted by atomic mass is 32.2. The predicted molar refractivity (Wildman–Crippen MR) is 123 cm³/mol. The summed E-state index contributed by atoms with van der Waals surface area (Å²) in [6.45, 7) is 4.82. The van der Waals surface area contributed by atoms with E-state index in [0.717, 1.165) is 54.4 Å². The van der Waals surface area contributed by atoms with E-state index in [-0.39, 0.29) is 11.7 Å². The van der Waals surface area contributed by atoms with Gasteiger partial charge in [-0.1, -0.05) is 48.5 Å². The zero-order chi connectivity index (χ0) is 22.4. The van der Waals surface area contributed by atoms with Crippen molar-refractivity contribution in [2.24, 2.45) is 10.5 Å². The molecule has 0 fully saturated rings. The third-order valence-electron chi connectivity index (χ3n) is 5.92. The first kappa shape index (κ1) is 23.2. The normalized spacial score (nSPS) is 17.1. The van der Waals surface area contributed by atoms with Crippen LogP contribution in [0.5, 0.6) is 0 Å². The molecule has 2 aromatic rings. The number of nitrogens with zero attached hydrogens (tertiary/aromatic N) is 1. The van der Waals surface area contributed by atoms with Crippen LogP contribution < -0.4 is 5.32 Å². The molecule has 2 unspecified atom stereocenters. The second-order valence-corrected chi connectivity index (χ2v) is 9.88. The van der Waals surface area contributed by atoms with E-state index >= 15 is 0 Å². The summed E-state index contributed by atoms with van der Waals surface area (Å²) >= 11 is 0.746. The average molecular weight is 441 g/mol. The van der Waals surface area contributed by atoms with Gasteiger partial charge >= 0.3 is 5.97 Å². The van der Waals surface area contributed by atoms with Gasteiger partial charge in [0.2, 0.25) is 0 Å². The number of hydrogen-bond acceptors (Lipinski definition) is 6. The van der Waals surface area contributed by atoms with Gasteiger partial charge in [0.1, 0.15) is 0 Å². The highest BCUT2D eigenvalue weighted by Gasteiger charge is 2.38. The first-order valence-electron chi connectivity index (χ1n) is 10.5. The summed E-state index contributed by atoms with van der Waals surface area (Å²) in [6, 6.07) is 15.3. The van der Waals surface area contributed by atoms with Crippen LogP contribution in [0.15, 0.2) is 53.1 Å². The largest absolute Gasteiger partial charge is 0.481 e. The van der Waals surface area contributed by atoms with Crippen molar-refractivity contribution in [1.29, 1.82) is 0 Å². The fourth-order valence-electron chi connectivity index (χ4n) is 4.23. The molecule has 7 heteroatoms. The molecule has 0 aromatic heterocycles. The number of benzene rings is 2. The van der Waals surface area contributed by atoms with Crippen LogP contribution in [0.1, 0.15) is 53.2 Å². The Hall–Kier alpha value is -2.51. The summed E-state index contributed by atoms with van der Waals surface area (Å²) in [4.78, 5) is 35.1. The Bertz CT molecular complexity index is 943. The van der Waals surface area contributed by atoms with Gasteiger partial charge in [-0.15, -0.1) is 4.91 Å². The van der Waals surface area contributed by atoms with E-state index < -0.39 is 16.6 Å². The quantitative estimate of drug-likeness (QED) is 0.318. The number of nitrogens with one attached hydrogen (secondary N) is 1. The molecule has 164 valence electrons. The topological polar surface area (TPSA) is 95.8 Å². The zero-order valence-corrected chi connectivity index (χ0v) is 18.7. The maximum absolute atomic E-state index is 12.6. The van der Waals surface area contributed by atoms with Crippen molar-refractivity contribution in [1.82, 2.24) is 5.32 Å². The summed E-state index contributed by atoms with van der Waals surface area (Å²) < 4.78 is 1.99. The molecule has 0 aliphatic heterocycles. The number of aliphatic carboxylic acids is 1. The molecule has 0 radical (unpaired) electrons. The van der Waals surface area contributed by atoms with E-state index in [1.54, 1.807) is 13.8 Å². The van der Waals surface area contributed by atoms with E-state index in [9.17, 15) is 19.6 Å². The molecule has 0 heterocycles. The number of carboxylic acids is 1. The lowest BCUT2D eigenvalue weighted by atomic mass is 9.83. The summed E-state index contributed by atoms with van der Waals surface area (Å²) in [7, 11) is 0. The number of Topliss-reactive ketones (excluding diaryl/α,β-unsaturated/α-hetero) is 1. The zero-order valence-electron chi connectivity index (χ0n) is 17.8. The molecular formula is C24H28N2O4S. The smallest absolute Gasteiger partial charge is 0.312 e. The minimum Gasteiger partial charge on any atom is -0.481 e. The number of aryl methyl sites for hydroxylation is 1. The van der Waals surface area contributed by atoms with Crippen LogP contribution in [0, 0.1) is 10.8 Å². The number of carbonyl (C=O) groups excluding carboxylic acids is 1. The van der Waals surface area contributed by atoms with Gasteiger partial charge in [-0.2, -0.15) is 0 Å². The predicted octanol–water partition coefficient (Wildman–Crippen LogP) is 4.63. The monoisotopic (exact) mass is 440 g/mol. The van der Waals surface area contributed by atoms with Crippen LogP contribution in [0.3, 0.4) is 0 Å². The molecule has 2 N–H and O–H groups in total. The van der Waals surface area contributed by atoms with Gasteiger partial charge in [0.15, 0.2) is 5.78 Å². The fourth-order valence-corrected chi connectivity index (χ4v) is 4.76. The molecule has 2 aromatic carbocycles. The lowest BCUT2D eigenvalue weighted by Gasteiger charge is -2.27. The molecule has 1 aliphatic rings. The number of hydrogen-bond donors (Lipinski definition) is 2. The Labute approximate surface area is 186 Å². The standard InChI is InChI=1S/C24H28N2O4S/c1-24(2,31-26-30)21(23(28)29)18-9-7-16(8-10-18)13-14-25-15-19-12-11-17-5-3-4-6-20(17)22(19)27/h3-10,19,21,25H,11-15H2,1-2H3,(H,28,29). The van der Waals surface area contributed by atoms with Crippen molar-refractivity contribution in [2.45, 2.75) is 43.8 Å². The number of fused-ring (bicyclic) bond motifs is 1. The van der Waals surface area contributed by atoms with Gasteiger partial charge in [-0.05, 0) is 56.3 Å². The highest BCUT2D eigenvalue weighted by molar-refractivity contribution is 7.99. The molecule has 31 heavy (non-hydrogen) atoms. The Kier molecular flexibility index (Phi) is 7.62. The van der Waals surface area contributed by atoms with Gasteiger partial charge in [0, 0.05) is 34.6 Å². The number of carbonyl (C=O) groups is 2. The van der Waals surface area contributed by atoms with Gasteiger partial charge in [-0.3, -0.25) is 9.59 Å². The molecule has 0 spiro atoms. The summed E-state index contributed by atoms with van der Waals surface area (Å²) in [5.41, 5.74) is 3.74. The first-order chi connectivity index (χ1) is 14.8. The van der Waals surface area contributed by atoms with Gasteiger partial charge in [0.25, 0.3) is 0 Å². The van der Waals surface area contributed by atoms with Crippen molar-refractivity contribution in [3.63, 3.8) is 0 Å². The van der Waals surface area contributed by atoms with Crippen molar-refractivity contribution < 1.29 is 14.7 Å². The molecule has 1 aliphatic carbocycles. The molecule has 6 nitrogen and oxygen atoms in total. The van der Waals surface area contributed by atoms with Crippen molar-refractivity contribution in [3.05, 3.63) is 75.7 Å². The lowest BCUT2D eigenvalue weighted by molar-refractivity contribution is -0.139. The molecule has 0 saturated heterocycles. The summed E-state index contributed by atoms with van der Waals surface area (Å²) in [5.74, 6) is -1.57. The second-order valence-electron chi connectivity index (χ2n) is 8.49. The highest BCUT2D eigenvalue weighted by Crippen LogP contribution is 2.40. The van der Waals surface area contributed by atoms with Crippen LogP contribution >= 0.6 is 11.9 Å². The number of nitroso groups, excluding NO2 is 1. The minimum atomic E-state index is -0.978. The number of rotatable bonds is 10. The number of ketones is 1. The Morgan fingerprint density at radius 1 is 1.23 bits per heavy atom. The van der Waals surface area contributed by atoms with Crippen LogP contribution in [0.4, 0.5) is 0 Å². The summed E-state index contributed by atoms with van der Waals surface area (Å²) in [6.07, 6.45) is 2.59. The molecule has 3 rings (SSSR count). The maximum Gasteiger partial charge on any atom is 0.312 e. The van der Waals surface area contributed by atoms with E-state index in [4.69, 9.17) is 0 Å². The Morgan fingerprint density at radius 3 is 2.61 bits per heavy atom. The SMILES string of the molecule is CC(C)(SN=O)C(C(=O)O)c1ccc(CCNCC2CCc3ccccc3C2=O)cc1.